The van der Waals surface area contributed by atoms with Gasteiger partial charge in [0, 0.05) is 5.39 Å². The molecule has 0 aliphatic rings. The number of hydrogen-bond donors (Lipinski definition) is 1. The average Bonchev–Trinajstić information content (AvgIpc) is 2.78. The number of aliphatic hydroxyl groups excluding tert-OH is 1. The van der Waals surface area contributed by atoms with Gasteiger partial charge in [-0.25, -0.2) is 0 Å². The smallest absolute Gasteiger partial charge is 0.134 e. The molecule has 1 aromatic carbocycles. The summed E-state index contributed by atoms with van der Waals surface area (Å²) in [5, 5.41) is 11.4. The molecule has 19 heavy (non-hydrogen) atoms. The van der Waals surface area contributed by atoms with E-state index in [2.05, 4.69) is 26.0 Å². The molecule has 2 heteroatoms. The minimum atomic E-state index is -0.577. The van der Waals surface area contributed by atoms with Gasteiger partial charge in [0.05, 0.1) is 0 Å². The largest absolute Gasteiger partial charge is 0.458 e. The standard InChI is InChI=1S/C17H24O2/c1-6-11(2)12-7-8-14-13(9-12)10-15(19-14)16(18)17(3,4)5/h7-11,16,18H,6H2,1-5H3. The van der Waals surface area contributed by atoms with Crippen LogP contribution in [0.15, 0.2) is 28.7 Å². The Morgan fingerprint density at radius 3 is 2.47 bits per heavy atom. The molecule has 2 unspecified atom stereocenters. The van der Waals surface area contributed by atoms with Crippen molar-refractivity contribution in [3.05, 3.63) is 35.6 Å². The van der Waals surface area contributed by atoms with Gasteiger partial charge in [0.15, 0.2) is 0 Å². The third-order valence-corrected chi connectivity index (χ3v) is 3.83. The fourth-order valence-corrected chi connectivity index (χ4v) is 2.19. The van der Waals surface area contributed by atoms with Gasteiger partial charge in [-0.1, -0.05) is 40.7 Å². The van der Waals surface area contributed by atoms with Crippen molar-refractivity contribution >= 4 is 11.0 Å². The van der Waals surface area contributed by atoms with Crippen LogP contribution in [-0.4, -0.2) is 5.11 Å². The summed E-state index contributed by atoms with van der Waals surface area (Å²) in [5.74, 6) is 1.21. The summed E-state index contributed by atoms with van der Waals surface area (Å²) in [5.41, 5.74) is 1.96. The Balaban J connectivity index is 2.41. The minimum absolute atomic E-state index is 0.215. The second-order valence-electron chi connectivity index (χ2n) is 6.52. The van der Waals surface area contributed by atoms with Crippen LogP contribution in [0.3, 0.4) is 0 Å². The molecule has 2 nitrogen and oxygen atoms in total. The van der Waals surface area contributed by atoms with Crippen molar-refractivity contribution in [1.82, 2.24) is 0 Å². The molecule has 1 heterocycles. The maximum atomic E-state index is 10.3. The minimum Gasteiger partial charge on any atom is -0.458 e. The zero-order valence-corrected chi connectivity index (χ0v) is 12.5. The topological polar surface area (TPSA) is 33.4 Å². The van der Waals surface area contributed by atoms with Gasteiger partial charge in [-0.05, 0) is 41.5 Å². The van der Waals surface area contributed by atoms with E-state index in [-0.39, 0.29) is 5.41 Å². The van der Waals surface area contributed by atoms with Crippen molar-refractivity contribution < 1.29 is 9.52 Å². The van der Waals surface area contributed by atoms with Crippen LogP contribution in [-0.2, 0) is 0 Å². The normalized spacial score (nSPS) is 15.7. The lowest BCUT2D eigenvalue weighted by atomic mass is 9.87. The zero-order valence-electron chi connectivity index (χ0n) is 12.5. The molecule has 0 aliphatic carbocycles. The first kappa shape index (κ1) is 14.1. The van der Waals surface area contributed by atoms with E-state index in [1.165, 1.54) is 5.56 Å². The van der Waals surface area contributed by atoms with Crippen molar-refractivity contribution in [2.45, 2.75) is 53.1 Å². The molecule has 0 saturated carbocycles. The van der Waals surface area contributed by atoms with Crippen molar-refractivity contribution in [3.63, 3.8) is 0 Å². The Bertz CT molecular complexity index is 560. The van der Waals surface area contributed by atoms with Gasteiger partial charge in [0.1, 0.15) is 17.4 Å². The van der Waals surface area contributed by atoms with E-state index in [1.54, 1.807) is 0 Å². The molecule has 0 bridgehead atoms. The maximum absolute atomic E-state index is 10.3. The van der Waals surface area contributed by atoms with Crippen LogP contribution in [0.2, 0.25) is 0 Å². The van der Waals surface area contributed by atoms with E-state index in [1.807, 2.05) is 32.9 Å². The molecule has 2 aromatic rings. The van der Waals surface area contributed by atoms with E-state index in [9.17, 15) is 5.11 Å². The second kappa shape index (κ2) is 5.01. The highest BCUT2D eigenvalue weighted by Gasteiger charge is 2.27. The second-order valence-corrected chi connectivity index (χ2v) is 6.52. The van der Waals surface area contributed by atoms with E-state index < -0.39 is 6.10 Å². The highest BCUT2D eigenvalue weighted by atomic mass is 16.4. The molecular weight excluding hydrogens is 236 g/mol. The molecule has 0 amide bonds. The number of aliphatic hydroxyl groups is 1. The number of furan rings is 1. The third kappa shape index (κ3) is 2.84. The molecule has 1 N–H and O–H groups in total. The van der Waals surface area contributed by atoms with Crippen LogP contribution in [0.1, 0.15) is 64.4 Å². The van der Waals surface area contributed by atoms with Gasteiger partial charge in [0.2, 0.25) is 0 Å². The molecule has 0 fully saturated rings. The molecule has 0 saturated heterocycles. The Labute approximate surface area is 115 Å². The monoisotopic (exact) mass is 260 g/mol. The first-order chi connectivity index (χ1) is 8.82. The molecule has 1 aromatic heterocycles. The first-order valence-electron chi connectivity index (χ1n) is 7.04. The predicted octanol–water partition coefficient (Wildman–Crippen LogP) is 5.03. The van der Waals surface area contributed by atoms with E-state index in [0.717, 1.165) is 17.4 Å². The Morgan fingerprint density at radius 2 is 1.89 bits per heavy atom. The Hall–Kier alpha value is -1.28. The van der Waals surface area contributed by atoms with Gasteiger partial charge in [-0.3, -0.25) is 0 Å². The fourth-order valence-electron chi connectivity index (χ4n) is 2.19. The number of rotatable bonds is 3. The lowest BCUT2D eigenvalue weighted by Crippen LogP contribution is -2.16. The van der Waals surface area contributed by atoms with E-state index in [4.69, 9.17) is 4.42 Å². The number of benzene rings is 1. The van der Waals surface area contributed by atoms with E-state index in [0.29, 0.717) is 11.7 Å². The van der Waals surface area contributed by atoms with E-state index >= 15 is 0 Å². The van der Waals surface area contributed by atoms with Gasteiger partial charge in [-0.15, -0.1) is 0 Å². The quantitative estimate of drug-likeness (QED) is 0.840. The van der Waals surface area contributed by atoms with Gasteiger partial charge >= 0.3 is 0 Å². The molecular formula is C17H24O2. The van der Waals surface area contributed by atoms with Crippen LogP contribution < -0.4 is 0 Å². The molecule has 0 aliphatic heterocycles. The summed E-state index contributed by atoms with van der Waals surface area (Å²) in [4.78, 5) is 0. The lowest BCUT2D eigenvalue weighted by molar-refractivity contribution is 0.0448. The Kier molecular flexibility index (Phi) is 3.73. The maximum Gasteiger partial charge on any atom is 0.134 e. The number of fused-ring (bicyclic) bond motifs is 1. The van der Waals surface area contributed by atoms with Crippen molar-refractivity contribution in [1.29, 1.82) is 0 Å². The van der Waals surface area contributed by atoms with Crippen molar-refractivity contribution in [3.8, 4) is 0 Å². The summed E-state index contributed by atoms with van der Waals surface area (Å²) in [7, 11) is 0. The number of hydrogen-bond acceptors (Lipinski definition) is 2. The van der Waals surface area contributed by atoms with Crippen molar-refractivity contribution in [2.75, 3.05) is 0 Å². The van der Waals surface area contributed by atoms with Gasteiger partial charge < -0.3 is 9.52 Å². The SMILES string of the molecule is CCC(C)c1ccc2oc(C(O)C(C)(C)C)cc2c1. The van der Waals surface area contributed by atoms with Crippen LogP contribution in [0.25, 0.3) is 11.0 Å². The van der Waals surface area contributed by atoms with Crippen LogP contribution in [0, 0.1) is 5.41 Å². The average molecular weight is 260 g/mol. The summed E-state index contributed by atoms with van der Waals surface area (Å²) in [6, 6.07) is 8.27. The van der Waals surface area contributed by atoms with Crippen LogP contribution >= 0.6 is 0 Å². The molecule has 0 radical (unpaired) electrons. The summed E-state index contributed by atoms with van der Waals surface area (Å²) >= 11 is 0. The van der Waals surface area contributed by atoms with Gasteiger partial charge in [-0.2, -0.15) is 0 Å². The first-order valence-corrected chi connectivity index (χ1v) is 7.04. The summed E-state index contributed by atoms with van der Waals surface area (Å²) in [6.07, 6.45) is 0.549. The molecule has 2 rings (SSSR count). The van der Waals surface area contributed by atoms with Crippen molar-refractivity contribution in [2.24, 2.45) is 5.41 Å². The highest BCUT2D eigenvalue weighted by molar-refractivity contribution is 5.79. The Morgan fingerprint density at radius 1 is 1.21 bits per heavy atom. The molecule has 104 valence electrons. The fraction of sp³-hybridized carbons (Fsp3) is 0.529. The molecule has 0 spiro atoms. The summed E-state index contributed by atoms with van der Waals surface area (Å²) < 4.78 is 5.77. The summed E-state index contributed by atoms with van der Waals surface area (Å²) in [6.45, 7) is 10.4. The molecule has 2 atom stereocenters. The van der Waals surface area contributed by atoms with Gasteiger partial charge in [0.25, 0.3) is 0 Å². The predicted molar refractivity (Wildman–Crippen MR) is 79.3 cm³/mol. The highest BCUT2D eigenvalue weighted by Crippen LogP contribution is 2.36. The zero-order chi connectivity index (χ0) is 14.2. The van der Waals surface area contributed by atoms with Crippen LogP contribution in [0.4, 0.5) is 0 Å². The van der Waals surface area contributed by atoms with Crippen LogP contribution in [0.5, 0.6) is 0 Å². The third-order valence-electron chi connectivity index (χ3n) is 3.83. The lowest BCUT2D eigenvalue weighted by Gasteiger charge is -2.23.